The van der Waals surface area contributed by atoms with Gasteiger partial charge >= 0.3 is 0 Å². The molecule has 3 atom stereocenters. The molecule has 9 heteroatoms. The summed E-state index contributed by atoms with van der Waals surface area (Å²) in [6, 6.07) is 11.2. The zero-order chi connectivity index (χ0) is 23.8. The summed E-state index contributed by atoms with van der Waals surface area (Å²) in [5, 5.41) is 0. The number of benzene rings is 2. The molecule has 0 aliphatic carbocycles. The minimum absolute atomic E-state index is 0.137. The summed E-state index contributed by atoms with van der Waals surface area (Å²) in [5.74, 6) is -4.18. The molecule has 1 unspecified atom stereocenters. The molecule has 2 aromatic rings. The van der Waals surface area contributed by atoms with Crippen LogP contribution in [-0.4, -0.2) is 64.3 Å². The van der Waals surface area contributed by atoms with Crippen LogP contribution in [0.5, 0.6) is 0 Å². The Morgan fingerprint density at radius 3 is 2.52 bits per heavy atom. The number of nitrogens with zero attached hydrogens (tertiary/aromatic N) is 1. The zero-order valence-corrected chi connectivity index (χ0v) is 19.5. The number of rotatable bonds is 7. The maximum absolute atomic E-state index is 15.5. The van der Waals surface area contributed by atoms with E-state index in [0.717, 1.165) is 4.90 Å². The van der Waals surface area contributed by atoms with Crippen molar-refractivity contribution in [3.05, 3.63) is 59.9 Å². The minimum Gasteiger partial charge on any atom is -0.368 e. The van der Waals surface area contributed by atoms with E-state index in [4.69, 9.17) is 4.74 Å². The van der Waals surface area contributed by atoms with Gasteiger partial charge in [0.2, 0.25) is 0 Å². The Bertz CT molecular complexity index is 1060. The van der Waals surface area contributed by atoms with Gasteiger partial charge in [0.05, 0.1) is 19.2 Å². The van der Waals surface area contributed by atoms with Crippen LogP contribution < -0.4 is 4.72 Å². The lowest BCUT2D eigenvalue weighted by atomic mass is 9.95. The number of amides is 1. The second-order valence-electron chi connectivity index (χ2n) is 8.82. The van der Waals surface area contributed by atoms with Gasteiger partial charge in [0.1, 0.15) is 18.0 Å². The highest BCUT2D eigenvalue weighted by molar-refractivity contribution is 8.00. The molecule has 0 spiro atoms. The topological polar surface area (TPSA) is 58.6 Å². The summed E-state index contributed by atoms with van der Waals surface area (Å²) in [4.78, 5) is 14.0. The lowest BCUT2D eigenvalue weighted by Gasteiger charge is -2.35. The number of ether oxygens (including phenoxy) is 1. The highest BCUT2D eigenvalue weighted by atomic mass is 32.3. The van der Waals surface area contributed by atoms with Crippen molar-refractivity contribution in [3.8, 4) is 11.1 Å². The molecule has 0 aromatic heterocycles. The lowest BCUT2D eigenvalue weighted by Crippen LogP contribution is -2.55. The summed E-state index contributed by atoms with van der Waals surface area (Å²) in [5.41, 5.74) is 1.25. The van der Waals surface area contributed by atoms with Crippen molar-refractivity contribution < 1.29 is 26.9 Å². The molecule has 180 valence electrons. The van der Waals surface area contributed by atoms with E-state index < -0.39 is 52.5 Å². The van der Waals surface area contributed by atoms with E-state index in [9.17, 15) is 9.00 Å². The van der Waals surface area contributed by atoms with Crippen LogP contribution in [0.25, 0.3) is 11.1 Å². The predicted molar refractivity (Wildman–Crippen MR) is 123 cm³/mol. The fourth-order valence-corrected chi connectivity index (χ4v) is 5.49. The van der Waals surface area contributed by atoms with Gasteiger partial charge in [0.25, 0.3) is 11.8 Å². The van der Waals surface area contributed by atoms with Crippen molar-refractivity contribution in [1.82, 2.24) is 9.62 Å². The fraction of sp³-hybridized carbons (Fsp3) is 0.458. The van der Waals surface area contributed by atoms with Crippen LogP contribution in [0.4, 0.5) is 13.2 Å². The maximum Gasteiger partial charge on any atom is 0.283 e. The van der Waals surface area contributed by atoms with Gasteiger partial charge in [-0.1, -0.05) is 65.6 Å². The van der Waals surface area contributed by atoms with Crippen LogP contribution in [0.2, 0.25) is 0 Å². The molecule has 1 N–H and O–H groups in total. The van der Waals surface area contributed by atoms with E-state index in [1.54, 1.807) is 49.4 Å². The molecule has 2 aliphatic heterocycles. The first-order valence-electron chi connectivity index (χ1n) is 11.1. The highest BCUT2D eigenvalue weighted by Gasteiger charge is 2.57. The van der Waals surface area contributed by atoms with E-state index in [0.29, 0.717) is 24.2 Å². The van der Waals surface area contributed by atoms with Crippen molar-refractivity contribution >= 4 is 16.0 Å². The number of carbonyl (C=O) groups is 1. The predicted octanol–water partition coefficient (Wildman–Crippen LogP) is 3.21. The molecule has 2 heterocycles. The lowest BCUT2D eigenvalue weighted by molar-refractivity contribution is -0.158. The Morgan fingerprint density at radius 1 is 1.21 bits per heavy atom. The van der Waals surface area contributed by atoms with E-state index in [1.807, 2.05) is 6.07 Å². The molecule has 0 radical (unpaired) electrons. The molecule has 2 saturated heterocycles. The molecule has 5 nitrogen and oxygen atoms in total. The summed E-state index contributed by atoms with van der Waals surface area (Å²) >= 11 is 0. The number of halogens is 3. The second kappa shape index (κ2) is 9.19. The first kappa shape index (κ1) is 23.9. The van der Waals surface area contributed by atoms with E-state index in [2.05, 4.69) is 4.72 Å². The molecular weight excluding hydrogens is 453 g/mol. The first-order chi connectivity index (χ1) is 15.6. The van der Waals surface area contributed by atoms with Crippen LogP contribution in [-0.2, 0) is 26.1 Å². The summed E-state index contributed by atoms with van der Waals surface area (Å²) < 4.78 is 66.5. The van der Waals surface area contributed by atoms with E-state index >= 15 is 13.2 Å². The summed E-state index contributed by atoms with van der Waals surface area (Å²) in [7, 11) is -3.08. The Balaban J connectivity index is 1.70. The molecule has 2 aliphatic rings. The van der Waals surface area contributed by atoms with E-state index in [-0.39, 0.29) is 17.7 Å². The fourth-order valence-electron chi connectivity index (χ4n) is 4.36. The van der Waals surface area contributed by atoms with Crippen LogP contribution in [0.3, 0.4) is 0 Å². The van der Waals surface area contributed by atoms with Crippen molar-refractivity contribution in [3.63, 3.8) is 0 Å². The van der Waals surface area contributed by atoms with Crippen LogP contribution in [0, 0.1) is 5.82 Å². The Hall–Kier alpha value is -2.23. The third-order valence-electron chi connectivity index (χ3n) is 6.49. The van der Waals surface area contributed by atoms with Gasteiger partial charge in [0.15, 0.2) is 0 Å². The minimum atomic E-state index is -3.32. The van der Waals surface area contributed by atoms with Crippen molar-refractivity contribution in [2.45, 2.75) is 43.9 Å². The zero-order valence-electron chi connectivity index (χ0n) is 18.6. The highest BCUT2D eigenvalue weighted by Crippen LogP contribution is 2.37. The molecule has 2 fully saturated rings. The Morgan fingerprint density at radius 2 is 1.91 bits per heavy atom. The second-order valence-corrected chi connectivity index (χ2v) is 11.9. The van der Waals surface area contributed by atoms with Crippen molar-refractivity contribution in [2.75, 3.05) is 25.2 Å². The monoisotopic (exact) mass is 482 g/mol. The average molecular weight is 483 g/mol. The van der Waals surface area contributed by atoms with Crippen molar-refractivity contribution in [1.29, 1.82) is 0 Å². The first-order valence-corrected chi connectivity index (χ1v) is 13.4. The quantitative estimate of drug-likeness (QED) is 0.596. The standard InChI is InChI=1S/C24H29F3N2O3S/c1-3-33(2,31)28-22-19(29(15-24(22,26)27)23(30)20-12-13-32-20)14-17-10-7-11-18(21(17)25)16-8-5-4-6-9-16/h4-11,19-20,22,33H,3,12-15H2,1-2H3,(H,28,31)/t19-,20?,22+/m0/s1. The van der Waals surface area contributed by atoms with Gasteiger partial charge in [-0.25, -0.2) is 17.9 Å². The molecule has 0 bridgehead atoms. The normalized spacial score (nSPS) is 25.0. The van der Waals surface area contributed by atoms with Crippen LogP contribution in [0.1, 0.15) is 18.9 Å². The molecular formula is C24H29F3N2O3S. The Kier molecular flexibility index (Phi) is 6.66. The van der Waals surface area contributed by atoms with Gasteiger partial charge in [-0.05, 0) is 17.5 Å². The number of likely N-dealkylation sites (tertiary alicyclic amines) is 1. The average Bonchev–Trinajstić information content (AvgIpc) is 2.99. The molecule has 2 aromatic carbocycles. The number of hydrogen-bond acceptors (Lipinski definition) is 3. The van der Waals surface area contributed by atoms with Crippen LogP contribution in [0.15, 0.2) is 48.5 Å². The SMILES string of the molecule is CC[SH](C)(=O)N[C@@H]1[C@H](Cc2cccc(-c3ccccc3)c2F)N(C(=O)C2CCO2)CC1(F)F. The smallest absolute Gasteiger partial charge is 0.283 e. The third-order valence-corrected chi connectivity index (χ3v) is 8.52. The number of thiol groups is 1. The van der Waals surface area contributed by atoms with Gasteiger partial charge < -0.3 is 9.64 Å². The number of hydrogen-bond donors (Lipinski definition) is 2. The summed E-state index contributed by atoms with van der Waals surface area (Å²) in [6.45, 7) is 1.24. The third kappa shape index (κ3) is 4.85. The number of alkyl halides is 2. The number of nitrogens with one attached hydrogen (secondary N) is 1. The molecule has 1 amide bonds. The largest absolute Gasteiger partial charge is 0.368 e. The molecule has 33 heavy (non-hydrogen) atoms. The van der Waals surface area contributed by atoms with Gasteiger partial charge in [0, 0.05) is 24.0 Å². The molecule has 4 rings (SSSR count). The van der Waals surface area contributed by atoms with Gasteiger partial charge in [-0.15, -0.1) is 0 Å². The Labute approximate surface area is 192 Å². The van der Waals surface area contributed by atoms with E-state index in [1.165, 1.54) is 6.26 Å². The van der Waals surface area contributed by atoms with Crippen molar-refractivity contribution in [2.24, 2.45) is 0 Å². The molecule has 0 saturated carbocycles. The maximum atomic E-state index is 15.5. The van der Waals surface area contributed by atoms with Gasteiger partial charge in [-0.2, -0.15) is 0 Å². The van der Waals surface area contributed by atoms with Crippen LogP contribution >= 0.6 is 0 Å². The number of carbonyl (C=O) groups excluding carboxylic acids is 1. The van der Waals surface area contributed by atoms with Gasteiger partial charge in [-0.3, -0.25) is 9.00 Å². The summed E-state index contributed by atoms with van der Waals surface area (Å²) in [6.07, 6.45) is 0.977.